The third kappa shape index (κ3) is 5.71. The van der Waals surface area contributed by atoms with Gasteiger partial charge in [0.05, 0.1) is 38.1 Å². The summed E-state index contributed by atoms with van der Waals surface area (Å²) in [6.07, 6.45) is -14.4. The third-order valence-electron chi connectivity index (χ3n) is 6.90. The minimum Gasteiger partial charge on any atom is -0.394 e. The van der Waals surface area contributed by atoms with Crippen molar-refractivity contribution in [3.8, 4) is 0 Å². The number of piperidine rings is 1. The second-order valence-electron chi connectivity index (χ2n) is 9.02. The summed E-state index contributed by atoms with van der Waals surface area (Å²) >= 11 is 0. The minimum absolute atomic E-state index is 0.0305. The van der Waals surface area contributed by atoms with E-state index < -0.39 is 86.1 Å². The van der Waals surface area contributed by atoms with Crippen LogP contribution >= 0.6 is 0 Å². The Bertz CT molecular complexity index is 629. The second-order valence-corrected chi connectivity index (χ2v) is 9.02. The van der Waals surface area contributed by atoms with Gasteiger partial charge in [0.25, 0.3) is 0 Å². The van der Waals surface area contributed by atoms with Crippen LogP contribution in [0.1, 0.15) is 6.42 Å². The van der Waals surface area contributed by atoms with Crippen molar-refractivity contribution in [1.29, 1.82) is 0 Å². The molecule has 0 amide bonds. The van der Waals surface area contributed by atoms with E-state index in [9.17, 15) is 46.0 Å². The Morgan fingerprint density at radius 2 is 1.41 bits per heavy atom. The van der Waals surface area contributed by atoms with Crippen molar-refractivity contribution in [3.63, 3.8) is 0 Å². The van der Waals surface area contributed by atoms with Crippen molar-refractivity contribution in [1.82, 2.24) is 4.90 Å². The molecule has 9 N–H and O–H groups in total. The van der Waals surface area contributed by atoms with Crippen LogP contribution in [0.2, 0.25) is 0 Å². The molecular formula is C20H37NO13. The van der Waals surface area contributed by atoms with Crippen molar-refractivity contribution >= 4 is 0 Å². The highest BCUT2D eigenvalue weighted by Gasteiger charge is 2.47. The minimum atomic E-state index is -1.63. The Labute approximate surface area is 196 Å². The molecule has 14 heteroatoms. The zero-order chi connectivity index (χ0) is 25.2. The fourth-order valence-electron chi connectivity index (χ4n) is 4.80. The molecule has 0 unspecified atom stereocenters. The van der Waals surface area contributed by atoms with E-state index in [-0.39, 0.29) is 32.7 Å². The quantitative estimate of drug-likeness (QED) is 0.144. The van der Waals surface area contributed by atoms with Crippen molar-refractivity contribution in [2.75, 3.05) is 40.0 Å². The molecule has 0 aromatic heterocycles. The van der Waals surface area contributed by atoms with E-state index in [0.29, 0.717) is 0 Å². The van der Waals surface area contributed by atoms with Crippen LogP contribution in [0.3, 0.4) is 0 Å². The molecule has 3 saturated heterocycles. The number of hydrogen-bond donors (Lipinski definition) is 9. The number of aliphatic hydroxyl groups is 9. The first kappa shape index (κ1) is 28.0. The van der Waals surface area contributed by atoms with Crippen LogP contribution in [0.25, 0.3) is 0 Å². The van der Waals surface area contributed by atoms with Crippen molar-refractivity contribution in [2.24, 2.45) is 0 Å². The molecule has 3 fully saturated rings. The monoisotopic (exact) mass is 499 g/mol. The summed E-state index contributed by atoms with van der Waals surface area (Å²) in [5.41, 5.74) is 0. The van der Waals surface area contributed by atoms with Gasteiger partial charge in [0.2, 0.25) is 0 Å². The lowest BCUT2D eigenvalue weighted by Gasteiger charge is -2.45. The van der Waals surface area contributed by atoms with Crippen LogP contribution in [-0.4, -0.2) is 170 Å². The maximum atomic E-state index is 10.6. The van der Waals surface area contributed by atoms with Gasteiger partial charge in [-0.1, -0.05) is 0 Å². The number of aliphatic hydroxyl groups excluding tert-OH is 9. The van der Waals surface area contributed by atoms with Crippen molar-refractivity contribution < 1.29 is 64.9 Å². The third-order valence-corrected chi connectivity index (χ3v) is 6.90. The first-order valence-electron chi connectivity index (χ1n) is 11.3. The van der Waals surface area contributed by atoms with E-state index >= 15 is 0 Å². The van der Waals surface area contributed by atoms with Gasteiger partial charge in [-0.2, -0.15) is 0 Å². The summed E-state index contributed by atoms with van der Waals surface area (Å²) < 4.78 is 21.8. The number of ether oxygens (including phenoxy) is 4. The Morgan fingerprint density at radius 3 is 2.03 bits per heavy atom. The lowest BCUT2D eigenvalue weighted by atomic mass is 9.93. The SMILES string of the molecule is CO[C@H]1[C@H](O)[C@@H](CO)O[C@H]1CCN1C[C@H](O)[C@@H](O)[C@H](O)[C@H]1CO[C@H]1O[C@H](CO)[C@@H](O)[C@H](O)[C@H]1O. The molecule has 3 rings (SSSR count). The predicted molar refractivity (Wildman–Crippen MR) is 110 cm³/mol. The molecule has 3 aliphatic rings. The van der Waals surface area contributed by atoms with E-state index in [2.05, 4.69) is 0 Å². The molecular weight excluding hydrogens is 462 g/mol. The van der Waals surface area contributed by atoms with E-state index in [1.54, 1.807) is 4.90 Å². The molecule has 13 atom stereocenters. The molecule has 0 aromatic carbocycles. The lowest BCUT2D eigenvalue weighted by Crippen LogP contribution is -2.64. The van der Waals surface area contributed by atoms with E-state index in [1.165, 1.54) is 7.11 Å². The first-order chi connectivity index (χ1) is 16.1. The number of nitrogens with zero attached hydrogens (tertiary/aromatic N) is 1. The Hall–Kier alpha value is -0.560. The molecule has 0 radical (unpaired) electrons. The maximum Gasteiger partial charge on any atom is 0.186 e. The van der Waals surface area contributed by atoms with Crippen LogP contribution in [0.15, 0.2) is 0 Å². The van der Waals surface area contributed by atoms with Gasteiger partial charge in [0.1, 0.15) is 54.9 Å². The van der Waals surface area contributed by atoms with Gasteiger partial charge in [-0.15, -0.1) is 0 Å². The summed E-state index contributed by atoms with van der Waals surface area (Å²) in [5, 5.41) is 89.8. The Balaban J connectivity index is 1.65. The van der Waals surface area contributed by atoms with Crippen molar-refractivity contribution in [3.05, 3.63) is 0 Å². The van der Waals surface area contributed by atoms with E-state index in [1.807, 2.05) is 0 Å². The number of hydrogen-bond acceptors (Lipinski definition) is 14. The largest absolute Gasteiger partial charge is 0.394 e. The number of methoxy groups -OCH3 is 1. The van der Waals surface area contributed by atoms with Gasteiger partial charge in [-0.3, -0.25) is 4.90 Å². The summed E-state index contributed by atoms with van der Waals surface area (Å²) in [5.74, 6) is 0. The second kappa shape index (κ2) is 12.1. The number of rotatable bonds is 9. The summed E-state index contributed by atoms with van der Waals surface area (Å²) in [7, 11) is 1.41. The van der Waals surface area contributed by atoms with E-state index in [4.69, 9.17) is 18.9 Å². The summed E-state index contributed by atoms with van der Waals surface area (Å²) in [6, 6.07) is -0.869. The summed E-state index contributed by atoms with van der Waals surface area (Å²) in [4.78, 5) is 1.64. The standard InChI is InChI=1S/C20H37NO13/c1-31-19-10(33-12(6-23)16(19)28)2-3-21-4-9(24)14(26)13(25)8(21)7-32-20-18(30)17(29)15(27)11(5-22)34-20/h8-20,22-30H,2-7H2,1H3/t8-,9+,10+,11-,12-,13-,14-,15-,16-,17+,18-,19-,20+/m1/s1. The van der Waals surface area contributed by atoms with Crippen LogP contribution in [-0.2, 0) is 18.9 Å². The number of β-amino-alcohol motifs (C(OH)–C–C–N with tert-alkyl or cyclic N) is 1. The molecule has 0 aromatic rings. The molecule has 200 valence electrons. The lowest BCUT2D eigenvalue weighted by molar-refractivity contribution is -0.306. The topological polar surface area (TPSA) is 222 Å². The molecule has 0 bridgehead atoms. The van der Waals surface area contributed by atoms with Gasteiger partial charge in [0, 0.05) is 20.2 Å². The van der Waals surface area contributed by atoms with Gasteiger partial charge in [0.15, 0.2) is 6.29 Å². The normalized spacial score (nSPS) is 48.4. The van der Waals surface area contributed by atoms with Crippen molar-refractivity contribution in [2.45, 2.75) is 85.9 Å². The molecule has 3 aliphatic heterocycles. The zero-order valence-corrected chi connectivity index (χ0v) is 18.9. The fraction of sp³-hybridized carbons (Fsp3) is 1.00. The fourth-order valence-corrected chi connectivity index (χ4v) is 4.80. The highest BCUT2D eigenvalue weighted by Crippen LogP contribution is 2.28. The Kier molecular flexibility index (Phi) is 9.99. The average Bonchev–Trinajstić information content (AvgIpc) is 3.14. The van der Waals surface area contributed by atoms with Gasteiger partial charge in [-0.25, -0.2) is 0 Å². The maximum absolute atomic E-state index is 10.6. The number of likely N-dealkylation sites (tertiary alicyclic amines) is 1. The van der Waals surface area contributed by atoms with Crippen LogP contribution < -0.4 is 0 Å². The predicted octanol–water partition coefficient (Wildman–Crippen LogP) is -5.90. The molecule has 0 aliphatic carbocycles. The summed E-state index contributed by atoms with van der Waals surface area (Å²) in [6.45, 7) is -1.12. The smallest absolute Gasteiger partial charge is 0.186 e. The van der Waals surface area contributed by atoms with Gasteiger partial charge < -0.3 is 64.9 Å². The molecule has 3 heterocycles. The molecule has 0 spiro atoms. The van der Waals surface area contributed by atoms with Gasteiger partial charge >= 0.3 is 0 Å². The Morgan fingerprint density at radius 1 is 0.765 bits per heavy atom. The van der Waals surface area contributed by atoms with Crippen LogP contribution in [0, 0.1) is 0 Å². The highest BCUT2D eigenvalue weighted by atomic mass is 16.7. The average molecular weight is 500 g/mol. The van der Waals surface area contributed by atoms with E-state index in [0.717, 1.165) is 0 Å². The zero-order valence-electron chi connectivity index (χ0n) is 18.9. The van der Waals surface area contributed by atoms with Gasteiger partial charge in [-0.05, 0) is 6.42 Å². The van der Waals surface area contributed by atoms with Crippen LogP contribution in [0.5, 0.6) is 0 Å². The highest BCUT2D eigenvalue weighted by molar-refractivity contribution is 4.97. The molecule has 34 heavy (non-hydrogen) atoms. The first-order valence-corrected chi connectivity index (χ1v) is 11.3. The van der Waals surface area contributed by atoms with Crippen LogP contribution in [0.4, 0.5) is 0 Å². The molecule has 0 saturated carbocycles. The molecule has 14 nitrogen and oxygen atoms in total.